The Morgan fingerprint density at radius 2 is 1.52 bits per heavy atom. The Bertz CT molecular complexity index is 791. The largest absolute Gasteiger partial charge is 0.398 e. The van der Waals surface area contributed by atoms with E-state index in [-0.39, 0.29) is 34.1 Å². The van der Waals surface area contributed by atoms with Crippen LogP contribution in [0.5, 0.6) is 0 Å². The third-order valence-electron chi connectivity index (χ3n) is 3.62. The van der Waals surface area contributed by atoms with Crippen LogP contribution in [0.3, 0.4) is 0 Å². The minimum absolute atomic E-state index is 0.205. The van der Waals surface area contributed by atoms with Gasteiger partial charge >= 0.3 is 0 Å². The number of Topliss-reactive ketones (excluding diaryl/α,β-unsaturated/α-hetero) is 1. The summed E-state index contributed by atoms with van der Waals surface area (Å²) in [5, 5.41) is 0. The number of hydrogen-bond donors (Lipinski definition) is 2. The van der Waals surface area contributed by atoms with Crippen LogP contribution in [0.1, 0.15) is 11.1 Å². The zero-order chi connectivity index (χ0) is 15.1. The van der Waals surface area contributed by atoms with Gasteiger partial charge in [-0.25, -0.2) is 0 Å². The van der Waals surface area contributed by atoms with Crippen LogP contribution in [-0.4, -0.2) is 11.6 Å². The Hall–Kier alpha value is -2.88. The van der Waals surface area contributed by atoms with Gasteiger partial charge in [-0.15, -0.1) is 0 Å². The molecule has 0 amide bonds. The highest BCUT2D eigenvalue weighted by atomic mass is 16.1. The van der Waals surface area contributed by atoms with Crippen LogP contribution in [0.15, 0.2) is 65.0 Å². The molecule has 0 saturated carbocycles. The lowest BCUT2D eigenvalue weighted by atomic mass is 9.81. The number of carbonyl (C=O) groups is 2. The van der Waals surface area contributed by atoms with E-state index >= 15 is 0 Å². The highest BCUT2D eigenvalue weighted by Crippen LogP contribution is 2.33. The third kappa shape index (κ3) is 2.01. The van der Waals surface area contributed by atoms with Crippen LogP contribution in [0.4, 0.5) is 0 Å². The SMILES string of the molecule is Cc1ccc(C2=CC(N)=C3C(=O)C=CC(N)=C3C2=O)cc1. The lowest BCUT2D eigenvalue weighted by molar-refractivity contribution is -0.113. The van der Waals surface area contributed by atoms with E-state index in [2.05, 4.69) is 0 Å². The molecule has 4 N–H and O–H groups in total. The number of rotatable bonds is 1. The van der Waals surface area contributed by atoms with Crippen LogP contribution >= 0.6 is 0 Å². The van der Waals surface area contributed by atoms with E-state index in [9.17, 15) is 9.59 Å². The molecule has 0 spiro atoms. The normalized spacial score (nSPS) is 18.0. The van der Waals surface area contributed by atoms with E-state index in [0.717, 1.165) is 11.1 Å². The molecule has 2 aliphatic carbocycles. The van der Waals surface area contributed by atoms with Crippen molar-refractivity contribution >= 4 is 17.1 Å². The lowest BCUT2D eigenvalue weighted by Gasteiger charge is -2.22. The fraction of sp³-hybridized carbons (Fsp3) is 0.0588. The topological polar surface area (TPSA) is 86.2 Å². The summed E-state index contributed by atoms with van der Waals surface area (Å²) in [6.45, 7) is 1.97. The van der Waals surface area contributed by atoms with Crippen molar-refractivity contribution in [2.75, 3.05) is 0 Å². The van der Waals surface area contributed by atoms with Gasteiger partial charge in [0.05, 0.1) is 11.1 Å². The molecule has 0 unspecified atom stereocenters. The fourth-order valence-electron chi connectivity index (χ4n) is 2.51. The number of fused-ring (bicyclic) bond motifs is 1. The van der Waals surface area contributed by atoms with Gasteiger partial charge in [0.25, 0.3) is 0 Å². The van der Waals surface area contributed by atoms with Crippen LogP contribution in [0.2, 0.25) is 0 Å². The maximum absolute atomic E-state index is 12.7. The Morgan fingerprint density at radius 3 is 2.19 bits per heavy atom. The number of aryl methyl sites for hydroxylation is 1. The highest BCUT2D eigenvalue weighted by molar-refractivity contribution is 6.36. The van der Waals surface area contributed by atoms with Crippen molar-refractivity contribution in [3.05, 3.63) is 76.2 Å². The molecule has 0 heterocycles. The van der Waals surface area contributed by atoms with Crippen molar-refractivity contribution < 1.29 is 9.59 Å². The first-order valence-electron chi connectivity index (χ1n) is 6.54. The summed E-state index contributed by atoms with van der Waals surface area (Å²) in [7, 11) is 0. The minimum atomic E-state index is -0.288. The van der Waals surface area contributed by atoms with Gasteiger partial charge in [-0.3, -0.25) is 9.59 Å². The van der Waals surface area contributed by atoms with E-state index in [1.165, 1.54) is 12.2 Å². The molecule has 0 aliphatic heterocycles. The van der Waals surface area contributed by atoms with Crippen molar-refractivity contribution in [2.45, 2.75) is 6.92 Å². The quantitative estimate of drug-likeness (QED) is 0.815. The Kier molecular flexibility index (Phi) is 2.87. The van der Waals surface area contributed by atoms with Crippen molar-refractivity contribution in [3.63, 3.8) is 0 Å². The van der Waals surface area contributed by atoms with E-state index in [4.69, 9.17) is 11.5 Å². The summed E-state index contributed by atoms with van der Waals surface area (Å²) in [6, 6.07) is 7.55. The number of ketones is 2. The van der Waals surface area contributed by atoms with Gasteiger partial charge < -0.3 is 11.5 Å². The molecular weight excluding hydrogens is 264 g/mol. The van der Waals surface area contributed by atoms with Crippen LogP contribution in [0, 0.1) is 6.92 Å². The second-order valence-electron chi connectivity index (χ2n) is 5.11. The summed E-state index contributed by atoms with van der Waals surface area (Å²) < 4.78 is 0. The van der Waals surface area contributed by atoms with E-state index in [1.807, 2.05) is 31.2 Å². The Balaban J connectivity index is 2.20. The molecule has 0 bridgehead atoms. The molecule has 3 rings (SSSR count). The second-order valence-corrected chi connectivity index (χ2v) is 5.11. The molecule has 0 aromatic heterocycles. The predicted molar refractivity (Wildman–Crippen MR) is 80.7 cm³/mol. The summed E-state index contributed by atoms with van der Waals surface area (Å²) in [4.78, 5) is 24.6. The molecular formula is C17H14N2O2. The molecule has 104 valence electrons. The van der Waals surface area contributed by atoms with E-state index in [0.29, 0.717) is 5.57 Å². The summed E-state index contributed by atoms with van der Waals surface area (Å²) in [5.74, 6) is -0.553. The van der Waals surface area contributed by atoms with Crippen LogP contribution < -0.4 is 11.5 Å². The molecule has 2 aliphatic rings. The van der Waals surface area contributed by atoms with Crippen molar-refractivity contribution in [1.29, 1.82) is 0 Å². The van der Waals surface area contributed by atoms with Gasteiger partial charge in [0.1, 0.15) is 0 Å². The Morgan fingerprint density at radius 1 is 0.857 bits per heavy atom. The summed E-state index contributed by atoms with van der Waals surface area (Å²) in [5.41, 5.74) is 15.1. The standard InChI is InChI=1S/C17H14N2O2/c1-9-2-4-10(5-3-9)11-8-13(19)15-14(20)7-6-12(18)16(15)17(11)21/h2-8H,18-19H2,1H3. The smallest absolute Gasteiger partial charge is 0.196 e. The lowest BCUT2D eigenvalue weighted by Crippen LogP contribution is -2.26. The fourth-order valence-corrected chi connectivity index (χ4v) is 2.51. The molecule has 0 fully saturated rings. The second kappa shape index (κ2) is 4.59. The van der Waals surface area contributed by atoms with Crippen molar-refractivity contribution in [2.24, 2.45) is 11.5 Å². The first-order chi connectivity index (χ1) is 9.99. The number of hydrogen-bond acceptors (Lipinski definition) is 4. The average molecular weight is 278 g/mol. The van der Waals surface area contributed by atoms with Gasteiger partial charge in [0, 0.05) is 17.0 Å². The van der Waals surface area contributed by atoms with Gasteiger partial charge in [-0.05, 0) is 30.7 Å². The highest BCUT2D eigenvalue weighted by Gasteiger charge is 2.32. The zero-order valence-corrected chi connectivity index (χ0v) is 11.5. The molecule has 0 saturated heterocycles. The monoisotopic (exact) mass is 278 g/mol. The Labute approximate surface area is 122 Å². The first kappa shape index (κ1) is 13.1. The maximum Gasteiger partial charge on any atom is 0.196 e. The van der Waals surface area contributed by atoms with Crippen molar-refractivity contribution in [3.8, 4) is 0 Å². The zero-order valence-electron chi connectivity index (χ0n) is 11.5. The molecule has 0 atom stereocenters. The third-order valence-corrected chi connectivity index (χ3v) is 3.62. The summed E-state index contributed by atoms with van der Waals surface area (Å²) >= 11 is 0. The number of nitrogens with two attached hydrogens (primary N) is 2. The van der Waals surface area contributed by atoms with Gasteiger partial charge in [0.15, 0.2) is 11.6 Å². The van der Waals surface area contributed by atoms with Gasteiger partial charge in [-0.2, -0.15) is 0 Å². The molecule has 21 heavy (non-hydrogen) atoms. The number of carbonyl (C=O) groups excluding carboxylic acids is 2. The molecule has 4 heteroatoms. The van der Waals surface area contributed by atoms with E-state index in [1.54, 1.807) is 6.08 Å². The molecule has 0 radical (unpaired) electrons. The average Bonchev–Trinajstić information content (AvgIpc) is 2.46. The van der Waals surface area contributed by atoms with E-state index < -0.39 is 0 Å². The summed E-state index contributed by atoms with van der Waals surface area (Å²) in [6.07, 6.45) is 4.33. The molecule has 1 aromatic rings. The van der Waals surface area contributed by atoms with Crippen LogP contribution in [0.25, 0.3) is 5.57 Å². The van der Waals surface area contributed by atoms with Crippen molar-refractivity contribution in [1.82, 2.24) is 0 Å². The minimum Gasteiger partial charge on any atom is -0.398 e. The number of allylic oxidation sites excluding steroid dienone is 6. The first-order valence-corrected chi connectivity index (χ1v) is 6.54. The maximum atomic E-state index is 12.7. The number of benzene rings is 1. The molecule has 1 aromatic carbocycles. The predicted octanol–water partition coefficient (Wildman–Crippen LogP) is 1.53. The molecule has 4 nitrogen and oxygen atoms in total. The van der Waals surface area contributed by atoms with Gasteiger partial charge in [-0.1, -0.05) is 29.8 Å². The van der Waals surface area contributed by atoms with Crippen LogP contribution in [-0.2, 0) is 9.59 Å². The van der Waals surface area contributed by atoms with Gasteiger partial charge in [0.2, 0.25) is 0 Å².